The first-order valence-electron chi connectivity index (χ1n) is 10.7. The molecule has 0 unspecified atom stereocenters. The molecule has 0 aliphatic carbocycles. The molecule has 0 N–H and O–H groups in total. The van der Waals surface area contributed by atoms with E-state index in [0.717, 1.165) is 28.2 Å². The molecule has 8 heteroatoms. The fourth-order valence-electron chi connectivity index (χ4n) is 3.47. The number of thioether (sulfide) groups is 1. The molecule has 0 spiro atoms. The molecule has 0 saturated heterocycles. The summed E-state index contributed by atoms with van der Waals surface area (Å²) in [7, 11) is 3.21. The second kappa shape index (κ2) is 10.9. The van der Waals surface area contributed by atoms with Crippen LogP contribution in [0.3, 0.4) is 0 Å². The van der Waals surface area contributed by atoms with E-state index in [1.165, 1.54) is 22.4 Å². The first-order valence-corrected chi connectivity index (χ1v) is 11.7. The second-order valence-electron chi connectivity index (χ2n) is 7.62. The van der Waals surface area contributed by atoms with Gasteiger partial charge in [-0.15, -0.1) is 11.8 Å². The van der Waals surface area contributed by atoms with Crippen molar-refractivity contribution in [3.8, 4) is 11.5 Å². The van der Waals surface area contributed by atoms with Gasteiger partial charge in [-0.3, -0.25) is 18.9 Å². The van der Waals surface area contributed by atoms with Gasteiger partial charge >= 0.3 is 5.69 Å². The van der Waals surface area contributed by atoms with Gasteiger partial charge in [-0.05, 0) is 47.0 Å². The van der Waals surface area contributed by atoms with Gasteiger partial charge in [0.1, 0.15) is 11.5 Å². The van der Waals surface area contributed by atoms with E-state index in [1.807, 2.05) is 60.7 Å². The molecule has 0 atom stereocenters. The topological polar surface area (TPSA) is 75.3 Å². The van der Waals surface area contributed by atoms with E-state index in [1.54, 1.807) is 31.2 Å². The molecule has 4 aromatic rings. The average molecular weight is 476 g/mol. The van der Waals surface area contributed by atoms with E-state index in [-0.39, 0.29) is 17.8 Å². The van der Waals surface area contributed by atoms with E-state index >= 15 is 0 Å². The smallest absolute Gasteiger partial charge is 0.332 e. The van der Waals surface area contributed by atoms with Crippen molar-refractivity contribution in [1.82, 2.24) is 14.1 Å². The lowest BCUT2D eigenvalue weighted by molar-refractivity contribution is 0.414. The van der Waals surface area contributed by atoms with Crippen LogP contribution in [0, 0.1) is 0 Å². The molecule has 7 nitrogen and oxygen atoms in total. The molecule has 0 amide bonds. The summed E-state index contributed by atoms with van der Waals surface area (Å²) in [5.74, 6) is 2.06. The van der Waals surface area contributed by atoms with Gasteiger partial charge in [0.2, 0.25) is 0 Å². The number of aromatic nitrogens is 3. The highest BCUT2D eigenvalue weighted by Gasteiger charge is 2.14. The zero-order valence-electron chi connectivity index (χ0n) is 19.0. The summed E-state index contributed by atoms with van der Waals surface area (Å²) >= 11 is 1.44. The Balaban J connectivity index is 1.70. The Morgan fingerprint density at radius 3 is 1.91 bits per heavy atom. The van der Waals surface area contributed by atoms with Gasteiger partial charge in [-0.2, -0.15) is 0 Å². The largest absolute Gasteiger partial charge is 0.497 e. The third kappa shape index (κ3) is 5.58. The minimum Gasteiger partial charge on any atom is -0.497 e. The van der Waals surface area contributed by atoms with Gasteiger partial charge in [0.15, 0.2) is 0 Å². The molecule has 0 fully saturated rings. The van der Waals surface area contributed by atoms with Gasteiger partial charge in [-0.1, -0.05) is 30.3 Å². The molecule has 2 aromatic heterocycles. The summed E-state index contributed by atoms with van der Waals surface area (Å²) in [4.78, 5) is 30.6. The van der Waals surface area contributed by atoms with Crippen molar-refractivity contribution in [3.63, 3.8) is 0 Å². The molecular formula is C26H25N3O4S. The summed E-state index contributed by atoms with van der Waals surface area (Å²) < 4.78 is 13.3. The van der Waals surface area contributed by atoms with Crippen molar-refractivity contribution >= 4 is 11.8 Å². The van der Waals surface area contributed by atoms with E-state index in [9.17, 15) is 9.59 Å². The quantitative estimate of drug-likeness (QED) is 0.271. The molecule has 34 heavy (non-hydrogen) atoms. The predicted octanol–water partition coefficient (Wildman–Crippen LogP) is 3.81. The Labute approximate surface area is 201 Å². The van der Waals surface area contributed by atoms with Gasteiger partial charge in [-0.25, -0.2) is 4.79 Å². The van der Waals surface area contributed by atoms with Crippen LogP contribution in [0.4, 0.5) is 0 Å². The maximum Gasteiger partial charge on any atom is 0.332 e. The standard InChI is InChI=1S/C26H25N3O4S/c1-32-22-9-5-19(6-10-22)16-28-24(30)14-25(34-18-21-4-3-13-27-15-21)29(26(28)31)17-20-7-11-23(33-2)12-8-20/h3-15H,16-18H2,1-2H3. The highest BCUT2D eigenvalue weighted by Crippen LogP contribution is 2.22. The van der Waals surface area contributed by atoms with Crippen molar-refractivity contribution in [2.45, 2.75) is 23.9 Å². The Hall–Kier alpha value is -3.78. The second-order valence-corrected chi connectivity index (χ2v) is 8.62. The fraction of sp³-hybridized carbons (Fsp3) is 0.192. The van der Waals surface area contributed by atoms with Gasteiger partial charge < -0.3 is 9.47 Å². The fourth-order valence-corrected chi connectivity index (χ4v) is 4.44. The molecule has 0 aliphatic rings. The lowest BCUT2D eigenvalue weighted by Gasteiger charge is -2.16. The Kier molecular flexibility index (Phi) is 7.49. The van der Waals surface area contributed by atoms with Gasteiger partial charge in [0.25, 0.3) is 5.56 Å². The van der Waals surface area contributed by atoms with Crippen molar-refractivity contribution in [2.75, 3.05) is 14.2 Å². The number of benzene rings is 2. The predicted molar refractivity (Wildman–Crippen MR) is 133 cm³/mol. The lowest BCUT2D eigenvalue weighted by Crippen LogP contribution is -2.40. The summed E-state index contributed by atoms with van der Waals surface area (Å²) in [6.45, 7) is 0.513. The van der Waals surface area contributed by atoms with Gasteiger partial charge in [0, 0.05) is 24.2 Å². The van der Waals surface area contributed by atoms with Crippen molar-refractivity contribution in [2.24, 2.45) is 0 Å². The SMILES string of the molecule is COc1ccc(Cn2c(SCc3cccnc3)cc(=O)n(Cc3ccc(OC)cc3)c2=O)cc1. The van der Waals surface area contributed by atoms with Crippen LogP contribution in [-0.4, -0.2) is 28.3 Å². The molecule has 0 aliphatic heterocycles. The maximum atomic E-state index is 13.5. The number of pyridine rings is 1. The van der Waals surface area contributed by atoms with Crippen molar-refractivity contribution < 1.29 is 9.47 Å². The third-order valence-electron chi connectivity index (χ3n) is 5.35. The zero-order valence-corrected chi connectivity index (χ0v) is 19.8. The zero-order chi connectivity index (χ0) is 23.9. The summed E-state index contributed by atoms with van der Waals surface area (Å²) in [6.07, 6.45) is 3.50. The molecule has 2 heterocycles. The molecule has 2 aromatic carbocycles. The van der Waals surface area contributed by atoms with Crippen LogP contribution < -0.4 is 20.7 Å². The monoisotopic (exact) mass is 475 g/mol. The average Bonchev–Trinajstić information content (AvgIpc) is 2.88. The maximum absolute atomic E-state index is 13.5. The molecule has 174 valence electrons. The summed E-state index contributed by atoms with van der Waals surface area (Å²) in [5, 5.41) is 0.612. The minimum atomic E-state index is -0.354. The number of methoxy groups -OCH3 is 2. The number of hydrogen-bond donors (Lipinski definition) is 0. The molecule has 0 bridgehead atoms. The summed E-state index contributed by atoms with van der Waals surface area (Å²) in [6, 6.07) is 20.3. The van der Waals surface area contributed by atoms with Crippen LogP contribution in [-0.2, 0) is 18.8 Å². The number of ether oxygens (including phenoxy) is 2. The van der Waals surface area contributed by atoms with Crippen LogP contribution in [0.5, 0.6) is 11.5 Å². The van der Waals surface area contributed by atoms with Crippen LogP contribution in [0.1, 0.15) is 16.7 Å². The van der Waals surface area contributed by atoms with Crippen LogP contribution in [0.15, 0.2) is 93.7 Å². The Morgan fingerprint density at radius 1 is 0.794 bits per heavy atom. The molecule has 0 saturated carbocycles. The first kappa shape index (κ1) is 23.4. The third-order valence-corrected chi connectivity index (χ3v) is 6.46. The minimum absolute atomic E-state index is 0.178. The van der Waals surface area contributed by atoms with E-state index in [2.05, 4.69) is 4.98 Å². The normalized spacial score (nSPS) is 10.8. The van der Waals surface area contributed by atoms with E-state index < -0.39 is 0 Å². The summed E-state index contributed by atoms with van der Waals surface area (Å²) in [5.41, 5.74) is 2.10. The van der Waals surface area contributed by atoms with Crippen molar-refractivity contribution in [3.05, 3.63) is 117 Å². The highest BCUT2D eigenvalue weighted by atomic mass is 32.2. The van der Waals surface area contributed by atoms with Gasteiger partial charge in [0.05, 0.1) is 32.3 Å². The van der Waals surface area contributed by atoms with Crippen LogP contribution in [0.25, 0.3) is 0 Å². The van der Waals surface area contributed by atoms with Crippen molar-refractivity contribution in [1.29, 1.82) is 0 Å². The van der Waals surface area contributed by atoms with E-state index in [0.29, 0.717) is 17.3 Å². The number of rotatable bonds is 9. The number of nitrogens with zero attached hydrogens (tertiary/aromatic N) is 3. The highest BCUT2D eigenvalue weighted by molar-refractivity contribution is 7.98. The Morgan fingerprint density at radius 2 is 1.38 bits per heavy atom. The number of hydrogen-bond acceptors (Lipinski definition) is 6. The van der Waals surface area contributed by atoms with E-state index in [4.69, 9.17) is 9.47 Å². The Bertz CT molecular complexity index is 1350. The lowest BCUT2D eigenvalue weighted by atomic mass is 10.2. The molecular weight excluding hydrogens is 450 g/mol. The molecule has 4 rings (SSSR count). The molecule has 0 radical (unpaired) electrons. The first-order chi connectivity index (χ1) is 16.6. The van der Waals surface area contributed by atoms with Crippen LogP contribution in [0.2, 0.25) is 0 Å². The van der Waals surface area contributed by atoms with Crippen LogP contribution >= 0.6 is 11.8 Å².